The van der Waals surface area contributed by atoms with E-state index in [1.807, 2.05) is 24.5 Å². The molecule has 0 aliphatic heterocycles. The molecule has 2 aromatic heterocycles. The highest BCUT2D eigenvalue weighted by Gasteiger charge is 2.07. The Morgan fingerprint density at radius 1 is 0.870 bits per heavy atom. The third kappa shape index (κ3) is 2.50. The van der Waals surface area contributed by atoms with Crippen molar-refractivity contribution in [1.82, 2.24) is 9.38 Å². The highest BCUT2D eigenvalue weighted by atomic mass is 19.1. The molecule has 0 aliphatic carbocycles. The van der Waals surface area contributed by atoms with Crippen molar-refractivity contribution in [3.05, 3.63) is 84.4 Å². The molecule has 3 heteroatoms. The first-order valence-corrected chi connectivity index (χ1v) is 7.51. The van der Waals surface area contributed by atoms with E-state index in [-0.39, 0.29) is 5.82 Å². The van der Waals surface area contributed by atoms with Crippen LogP contribution in [0.1, 0.15) is 5.56 Å². The number of rotatable bonds is 2. The number of aromatic nitrogens is 2. The molecule has 4 rings (SSSR count). The number of hydrogen-bond acceptors (Lipinski definition) is 1. The SMILES string of the molecule is Cc1cccc(-c2cnc3cc(-c4ccc(F)cc4)ccn23)c1. The van der Waals surface area contributed by atoms with Gasteiger partial charge >= 0.3 is 0 Å². The molecule has 0 saturated carbocycles. The van der Waals surface area contributed by atoms with Gasteiger partial charge in [0.05, 0.1) is 11.9 Å². The van der Waals surface area contributed by atoms with Crippen LogP contribution in [-0.2, 0) is 0 Å². The molecule has 0 unspecified atom stereocenters. The lowest BCUT2D eigenvalue weighted by Gasteiger charge is -2.06. The number of benzene rings is 2. The molecule has 0 spiro atoms. The standard InChI is InChI=1S/C20H15FN2/c1-14-3-2-4-17(11-14)19-13-22-20-12-16(9-10-23(19)20)15-5-7-18(21)8-6-15/h2-13H,1H3. The van der Waals surface area contributed by atoms with Crippen molar-refractivity contribution in [2.45, 2.75) is 6.92 Å². The molecule has 0 saturated heterocycles. The molecule has 0 radical (unpaired) electrons. The minimum Gasteiger partial charge on any atom is -0.300 e. The maximum Gasteiger partial charge on any atom is 0.137 e. The van der Waals surface area contributed by atoms with E-state index < -0.39 is 0 Å². The predicted octanol–water partition coefficient (Wildman–Crippen LogP) is 5.12. The predicted molar refractivity (Wildman–Crippen MR) is 90.8 cm³/mol. The second kappa shape index (κ2) is 5.36. The summed E-state index contributed by atoms with van der Waals surface area (Å²) in [4.78, 5) is 4.52. The van der Waals surface area contributed by atoms with Gasteiger partial charge in [-0.25, -0.2) is 9.37 Å². The van der Waals surface area contributed by atoms with Gasteiger partial charge in [-0.05, 0) is 48.4 Å². The van der Waals surface area contributed by atoms with Crippen LogP contribution < -0.4 is 0 Å². The second-order valence-electron chi connectivity index (χ2n) is 5.66. The van der Waals surface area contributed by atoms with Crippen molar-refractivity contribution in [3.8, 4) is 22.4 Å². The molecular weight excluding hydrogens is 287 g/mol. The fraction of sp³-hybridized carbons (Fsp3) is 0.0500. The summed E-state index contributed by atoms with van der Waals surface area (Å²) in [6.07, 6.45) is 3.90. The van der Waals surface area contributed by atoms with E-state index in [1.165, 1.54) is 17.7 Å². The van der Waals surface area contributed by atoms with Gasteiger partial charge in [-0.15, -0.1) is 0 Å². The monoisotopic (exact) mass is 302 g/mol. The smallest absolute Gasteiger partial charge is 0.137 e. The van der Waals surface area contributed by atoms with Crippen molar-refractivity contribution in [3.63, 3.8) is 0 Å². The summed E-state index contributed by atoms with van der Waals surface area (Å²) in [5.41, 5.74) is 6.32. The molecule has 0 aliphatic rings. The Hall–Kier alpha value is -2.94. The number of fused-ring (bicyclic) bond motifs is 1. The minimum atomic E-state index is -0.225. The van der Waals surface area contributed by atoms with Gasteiger partial charge in [0.25, 0.3) is 0 Å². The Kier molecular flexibility index (Phi) is 3.19. The normalized spacial score (nSPS) is 11.0. The molecule has 2 aromatic carbocycles. The maximum atomic E-state index is 13.1. The number of hydrogen-bond donors (Lipinski definition) is 0. The van der Waals surface area contributed by atoms with Gasteiger partial charge in [0.1, 0.15) is 11.5 Å². The largest absolute Gasteiger partial charge is 0.300 e. The lowest BCUT2D eigenvalue weighted by atomic mass is 10.1. The third-order valence-corrected chi connectivity index (χ3v) is 4.00. The Morgan fingerprint density at radius 2 is 1.70 bits per heavy atom. The van der Waals surface area contributed by atoms with Gasteiger partial charge in [-0.1, -0.05) is 35.9 Å². The summed E-state index contributed by atoms with van der Waals surface area (Å²) >= 11 is 0. The lowest BCUT2D eigenvalue weighted by Crippen LogP contribution is -1.89. The van der Waals surface area contributed by atoms with Gasteiger partial charge in [-0.2, -0.15) is 0 Å². The van der Waals surface area contributed by atoms with E-state index >= 15 is 0 Å². The van der Waals surface area contributed by atoms with Crippen molar-refractivity contribution >= 4 is 5.65 Å². The van der Waals surface area contributed by atoms with Crippen molar-refractivity contribution in [2.24, 2.45) is 0 Å². The van der Waals surface area contributed by atoms with Crippen molar-refractivity contribution < 1.29 is 4.39 Å². The highest BCUT2D eigenvalue weighted by molar-refractivity contribution is 5.71. The second-order valence-corrected chi connectivity index (χ2v) is 5.66. The van der Waals surface area contributed by atoms with E-state index in [9.17, 15) is 4.39 Å². The van der Waals surface area contributed by atoms with Gasteiger partial charge in [0, 0.05) is 11.8 Å². The van der Waals surface area contributed by atoms with Gasteiger partial charge in [0.2, 0.25) is 0 Å². The third-order valence-electron chi connectivity index (χ3n) is 4.00. The van der Waals surface area contributed by atoms with Crippen LogP contribution >= 0.6 is 0 Å². The summed E-state index contributed by atoms with van der Waals surface area (Å²) in [5.74, 6) is -0.225. The van der Waals surface area contributed by atoms with Crippen LogP contribution in [0, 0.1) is 12.7 Å². The van der Waals surface area contributed by atoms with Crippen LogP contribution in [-0.4, -0.2) is 9.38 Å². The molecule has 2 heterocycles. The summed E-state index contributed by atoms with van der Waals surface area (Å²) in [7, 11) is 0. The van der Waals surface area contributed by atoms with Gasteiger partial charge in [-0.3, -0.25) is 4.40 Å². The Morgan fingerprint density at radius 3 is 2.48 bits per heavy atom. The van der Waals surface area contributed by atoms with Crippen LogP contribution in [0.2, 0.25) is 0 Å². The van der Waals surface area contributed by atoms with E-state index in [0.717, 1.165) is 28.0 Å². The molecule has 2 nitrogen and oxygen atoms in total. The van der Waals surface area contributed by atoms with Gasteiger partial charge in [0.15, 0.2) is 0 Å². The molecule has 0 amide bonds. The topological polar surface area (TPSA) is 17.3 Å². The summed E-state index contributed by atoms with van der Waals surface area (Å²) in [6.45, 7) is 2.08. The molecule has 112 valence electrons. The van der Waals surface area contributed by atoms with E-state index in [0.29, 0.717) is 0 Å². The van der Waals surface area contributed by atoms with E-state index in [4.69, 9.17) is 0 Å². The summed E-state index contributed by atoms with van der Waals surface area (Å²) < 4.78 is 15.1. The average Bonchev–Trinajstić information content (AvgIpc) is 2.98. The first-order chi connectivity index (χ1) is 11.2. The molecule has 23 heavy (non-hydrogen) atoms. The quantitative estimate of drug-likeness (QED) is 0.502. The minimum absolute atomic E-state index is 0.225. The summed E-state index contributed by atoms with van der Waals surface area (Å²) in [6, 6.07) is 18.9. The average molecular weight is 302 g/mol. The van der Waals surface area contributed by atoms with Crippen molar-refractivity contribution in [1.29, 1.82) is 0 Å². The fourth-order valence-electron chi connectivity index (χ4n) is 2.82. The van der Waals surface area contributed by atoms with Crippen LogP contribution in [0.4, 0.5) is 4.39 Å². The van der Waals surface area contributed by atoms with E-state index in [1.54, 1.807) is 12.1 Å². The number of imidazole rings is 1. The molecule has 0 N–H and O–H groups in total. The van der Waals surface area contributed by atoms with Crippen molar-refractivity contribution in [2.75, 3.05) is 0 Å². The fourth-order valence-corrected chi connectivity index (χ4v) is 2.82. The maximum absolute atomic E-state index is 13.1. The highest BCUT2D eigenvalue weighted by Crippen LogP contribution is 2.25. The molecule has 0 fully saturated rings. The first kappa shape index (κ1) is 13.7. The molecule has 0 atom stereocenters. The first-order valence-electron chi connectivity index (χ1n) is 7.51. The van der Waals surface area contributed by atoms with Crippen LogP contribution in [0.15, 0.2) is 73.1 Å². The van der Waals surface area contributed by atoms with Gasteiger partial charge < -0.3 is 0 Å². The lowest BCUT2D eigenvalue weighted by molar-refractivity contribution is 0.628. The Bertz CT molecular complexity index is 984. The van der Waals surface area contributed by atoms with Crippen LogP contribution in [0.3, 0.4) is 0 Å². The molecular formula is C20H15FN2. The van der Waals surface area contributed by atoms with E-state index in [2.05, 4.69) is 40.6 Å². The number of halogens is 1. The zero-order valence-corrected chi connectivity index (χ0v) is 12.7. The summed E-state index contributed by atoms with van der Waals surface area (Å²) in [5, 5.41) is 0. The number of nitrogens with zero attached hydrogens (tertiary/aromatic N) is 2. The van der Waals surface area contributed by atoms with Crippen LogP contribution in [0.25, 0.3) is 28.0 Å². The molecule has 0 bridgehead atoms. The number of aryl methyl sites for hydroxylation is 1. The zero-order valence-electron chi connectivity index (χ0n) is 12.7. The number of pyridine rings is 1. The Balaban J connectivity index is 1.81. The Labute approximate surface area is 133 Å². The molecule has 4 aromatic rings. The van der Waals surface area contributed by atoms with Crippen LogP contribution in [0.5, 0.6) is 0 Å². The zero-order chi connectivity index (χ0) is 15.8.